The quantitative estimate of drug-likeness (QED) is 0.588. The third-order valence-electron chi connectivity index (χ3n) is 3.11. The van der Waals surface area contributed by atoms with Crippen molar-refractivity contribution in [1.29, 1.82) is 0 Å². The number of rotatable bonds is 8. The minimum Gasteiger partial charge on any atom is -0.370 e. The molecule has 1 aromatic carbocycles. The van der Waals surface area contributed by atoms with Gasteiger partial charge in [0.25, 0.3) is 0 Å². The topological polar surface area (TPSA) is 55.4 Å². The van der Waals surface area contributed by atoms with E-state index in [1.54, 1.807) is 6.07 Å². The Hall–Kier alpha value is -1.89. The highest BCUT2D eigenvalue weighted by atomic mass is 19.4. The normalized spacial score (nSPS) is 11.3. The van der Waals surface area contributed by atoms with Gasteiger partial charge in [0.2, 0.25) is 5.91 Å². The summed E-state index contributed by atoms with van der Waals surface area (Å²) in [6.45, 7) is 2.12. The lowest BCUT2D eigenvalue weighted by molar-refractivity contribution is -0.173. The highest BCUT2D eigenvalue weighted by Gasteiger charge is 2.27. The second-order valence-electron chi connectivity index (χ2n) is 5.26. The van der Waals surface area contributed by atoms with Crippen molar-refractivity contribution in [3.05, 3.63) is 34.9 Å². The fourth-order valence-electron chi connectivity index (χ4n) is 1.94. The predicted molar refractivity (Wildman–Crippen MR) is 79.4 cm³/mol. The molecule has 0 spiro atoms. The maximum Gasteiger partial charge on any atom is 0.411 e. The Kier molecular flexibility index (Phi) is 7.22. The monoisotopic (exact) mass is 331 g/mol. The molecule has 1 aromatic rings. The number of benzene rings is 1. The Morgan fingerprint density at radius 2 is 1.87 bits per heavy atom. The van der Waals surface area contributed by atoms with Crippen LogP contribution in [-0.4, -0.2) is 37.6 Å². The molecule has 0 saturated heterocycles. The first-order chi connectivity index (χ1) is 10.7. The summed E-state index contributed by atoms with van der Waals surface area (Å²) in [5.74, 6) is -0.520. The van der Waals surface area contributed by atoms with Crippen LogP contribution in [0.4, 0.5) is 13.2 Å². The van der Waals surface area contributed by atoms with E-state index >= 15 is 0 Å². The van der Waals surface area contributed by atoms with Crippen LogP contribution in [0.2, 0.25) is 0 Å². The number of alkyl halides is 3. The number of hydrogen-bond acceptors (Lipinski definition) is 3. The van der Waals surface area contributed by atoms with Crippen molar-refractivity contribution in [2.24, 2.45) is 0 Å². The molecule has 0 radical (unpaired) electrons. The molecule has 1 rings (SSSR count). The van der Waals surface area contributed by atoms with Crippen LogP contribution in [0.25, 0.3) is 0 Å². The summed E-state index contributed by atoms with van der Waals surface area (Å²) in [6, 6.07) is 5.53. The summed E-state index contributed by atoms with van der Waals surface area (Å²) in [7, 11) is 0. The minimum absolute atomic E-state index is 0.00845. The molecule has 7 heteroatoms. The van der Waals surface area contributed by atoms with E-state index in [9.17, 15) is 22.8 Å². The number of carbonyl (C=O) groups excluding carboxylic acids is 2. The van der Waals surface area contributed by atoms with Gasteiger partial charge in [-0.15, -0.1) is 0 Å². The summed E-state index contributed by atoms with van der Waals surface area (Å²) in [5.41, 5.74) is 2.40. The number of amides is 1. The van der Waals surface area contributed by atoms with E-state index in [1.165, 1.54) is 0 Å². The first kappa shape index (κ1) is 19.2. The fraction of sp³-hybridized carbons (Fsp3) is 0.500. The largest absolute Gasteiger partial charge is 0.411 e. The Morgan fingerprint density at radius 3 is 2.52 bits per heavy atom. The first-order valence-electron chi connectivity index (χ1n) is 7.20. The lowest BCUT2D eigenvalue weighted by Crippen LogP contribution is -2.29. The molecule has 0 aromatic heterocycles. The lowest BCUT2D eigenvalue weighted by Gasteiger charge is -2.09. The van der Waals surface area contributed by atoms with Crippen LogP contribution in [0, 0.1) is 13.8 Å². The highest BCUT2D eigenvalue weighted by molar-refractivity contribution is 5.99. The number of ether oxygens (including phenoxy) is 1. The van der Waals surface area contributed by atoms with Gasteiger partial charge in [-0.05, 0) is 25.5 Å². The molecule has 0 aliphatic heterocycles. The van der Waals surface area contributed by atoms with Gasteiger partial charge < -0.3 is 10.1 Å². The van der Waals surface area contributed by atoms with Gasteiger partial charge in [-0.1, -0.05) is 17.7 Å². The molecule has 4 nitrogen and oxygen atoms in total. The molecule has 0 aliphatic rings. The minimum atomic E-state index is -4.37. The van der Waals surface area contributed by atoms with Crippen LogP contribution in [0.1, 0.15) is 34.3 Å². The lowest BCUT2D eigenvalue weighted by atomic mass is 9.99. The van der Waals surface area contributed by atoms with Crippen molar-refractivity contribution in [1.82, 2.24) is 5.32 Å². The van der Waals surface area contributed by atoms with E-state index in [0.717, 1.165) is 11.1 Å². The molecule has 0 saturated carbocycles. The Balaban J connectivity index is 2.28. The highest BCUT2D eigenvalue weighted by Crippen LogP contribution is 2.14. The molecule has 0 heterocycles. The maximum atomic E-state index is 12.1. The van der Waals surface area contributed by atoms with Crippen LogP contribution in [0.5, 0.6) is 0 Å². The fourth-order valence-corrected chi connectivity index (χ4v) is 1.94. The maximum absolute atomic E-state index is 12.1. The second-order valence-corrected chi connectivity index (χ2v) is 5.26. The summed E-state index contributed by atoms with van der Waals surface area (Å²) >= 11 is 0. The molecular formula is C16H20F3NO3. The van der Waals surface area contributed by atoms with Crippen molar-refractivity contribution in [2.45, 2.75) is 32.9 Å². The molecule has 0 atom stereocenters. The standard InChI is InChI=1S/C16H20F3NO3/c1-11-3-4-12(2)13(9-11)14(21)5-6-15(22)20-7-8-23-10-16(17,18)19/h3-4,9H,5-8,10H2,1-2H3,(H,20,22). The van der Waals surface area contributed by atoms with Crippen LogP contribution in [0.3, 0.4) is 0 Å². The summed E-state index contributed by atoms with van der Waals surface area (Å²) in [5, 5.41) is 2.42. The van der Waals surface area contributed by atoms with E-state index in [-0.39, 0.29) is 37.7 Å². The SMILES string of the molecule is Cc1ccc(C)c(C(=O)CCC(=O)NCCOCC(F)(F)F)c1. The van der Waals surface area contributed by atoms with Crippen LogP contribution < -0.4 is 5.32 Å². The van der Waals surface area contributed by atoms with Crippen LogP contribution in [0.15, 0.2) is 18.2 Å². The zero-order chi connectivity index (χ0) is 17.5. The van der Waals surface area contributed by atoms with Gasteiger partial charge in [0.1, 0.15) is 6.61 Å². The third kappa shape index (κ3) is 7.78. The number of Topliss-reactive ketones (excluding diaryl/α,β-unsaturated/α-hetero) is 1. The van der Waals surface area contributed by atoms with Crippen LogP contribution >= 0.6 is 0 Å². The summed E-state index contributed by atoms with van der Waals surface area (Å²) < 4.78 is 39.8. The van der Waals surface area contributed by atoms with E-state index in [4.69, 9.17) is 0 Å². The number of nitrogens with one attached hydrogen (secondary N) is 1. The second kappa shape index (κ2) is 8.67. The molecule has 0 bridgehead atoms. The Morgan fingerprint density at radius 1 is 1.17 bits per heavy atom. The van der Waals surface area contributed by atoms with Crippen molar-refractivity contribution in [3.8, 4) is 0 Å². The van der Waals surface area contributed by atoms with Crippen molar-refractivity contribution < 1.29 is 27.5 Å². The molecular weight excluding hydrogens is 311 g/mol. The van der Waals surface area contributed by atoms with Gasteiger partial charge in [-0.3, -0.25) is 9.59 Å². The van der Waals surface area contributed by atoms with E-state index < -0.39 is 12.8 Å². The number of carbonyl (C=O) groups is 2. The number of halogens is 3. The average molecular weight is 331 g/mol. The smallest absolute Gasteiger partial charge is 0.370 e. The van der Waals surface area contributed by atoms with Crippen molar-refractivity contribution in [3.63, 3.8) is 0 Å². The van der Waals surface area contributed by atoms with Crippen molar-refractivity contribution >= 4 is 11.7 Å². The summed E-state index contributed by atoms with van der Waals surface area (Å²) in [4.78, 5) is 23.6. The summed E-state index contributed by atoms with van der Waals surface area (Å²) in [6.07, 6.45) is -4.33. The number of hydrogen-bond donors (Lipinski definition) is 1. The molecule has 0 aliphatic carbocycles. The zero-order valence-electron chi connectivity index (χ0n) is 13.1. The number of aryl methyl sites for hydroxylation is 2. The van der Waals surface area contributed by atoms with Gasteiger partial charge >= 0.3 is 6.18 Å². The average Bonchev–Trinajstić information content (AvgIpc) is 2.45. The van der Waals surface area contributed by atoms with Crippen molar-refractivity contribution in [2.75, 3.05) is 19.8 Å². The Labute approximate surface area is 133 Å². The molecule has 0 fully saturated rings. The molecule has 0 unspecified atom stereocenters. The first-order valence-corrected chi connectivity index (χ1v) is 7.20. The van der Waals surface area contributed by atoms with Gasteiger partial charge in [-0.25, -0.2) is 0 Å². The zero-order valence-corrected chi connectivity index (χ0v) is 13.1. The van der Waals surface area contributed by atoms with Gasteiger partial charge in [0.05, 0.1) is 6.61 Å². The van der Waals surface area contributed by atoms with Gasteiger partial charge in [0, 0.05) is 24.9 Å². The molecule has 1 N–H and O–H groups in total. The molecule has 23 heavy (non-hydrogen) atoms. The third-order valence-corrected chi connectivity index (χ3v) is 3.11. The molecule has 128 valence electrons. The van der Waals surface area contributed by atoms with Crippen LogP contribution in [-0.2, 0) is 9.53 Å². The van der Waals surface area contributed by atoms with Gasteiger partial charge in [0.15, 0.2) is 5.78 Å². The van der Waals surface area contributed by atoms with Gasteiger partial charge in [-0.2, -0.15) is 13.2 Å². The Bertz CT molecular complexity index is 556. The van der Waals surface area contributed by atoms with E-state index in [2.05, 4.69) is 10.1 Å². The number of ketones is 1. The predicted octanol–water partition coefficient (Wildman–Crippen LogP) is 2.96. The van der Waals surface area contributed by atoms with E-state index in [0.29, 0.717) is 5.56 Å². The van der Waals surface area contributed by atoms with E-state index in [1.807, 2.05) is 26.0 Å². The molecule has 1 amide bonds.